The second-order valence-corrected chi connectivity index (χ2v) is 4.74. The molecule has 20 heavy (non-hydrogen) atoms. The smallest absolute Gasteiger partial charge is 0.334 e. The molecule has 0 atom stereocenters. The van der Waals surface area contributed by atoms with E-state index in [0.717, 1.165) is 27.8 Å². The summed E-state index contributed by atoms with van der Waals surface area (Å²) in [5.74, 6) is -1.18. The van der Waals surface area contributed by atoms with Crippen LogP contribution < -0.4 is 0 Å². The summed E-state index contributed by atoms with van der Waals surface area (Å²) in [7, 11) is 0. The molecule has 96 valence electrons. The predicted octanol–water partition coefficient (Wildman–Crippen LogP) is 3.74. The van der Waals surface area contributed by atoms with Gasteiger partial charge in [-0.2, -0.15) is 0 Å². The first kappa shape index (κ1) is 12.2. The highest BCUT2D eigenvalue weighted by atomic mass is 16.4. The SMILES string of the molecule is [C-]#[N+]/C(C(=O)O)=C1/c2ccccc2-c2cc(C)ccc21. The lowest BCUT2D eigenvalue weighted by atomic mass is 10.0. The molecule has 0 fully saturated rings. The van der Waals surface area contributed by atoms with Gasteiger partial charge in [-0.3, -0.25) is 4.79 Å². The van der Waals surface area contributed by atoms with E-state index in [1.54, 1.807) is 0 Å². The maximum Gasteiger partial charge on any atom is 0.334 e. The molecule has 2 aromatic rings. The number of hydrogen-bond donors (Lipinski definition) is 1. The Hall–Kier alpha value is -2.86. The van der Waals surface area contributed by atoms with Crippen LogP contribution in [0.5, 0.6) is 0 Å². The van der Waals surface area contributed by atoms with Gasteiger partial charge in [0.05, 0.1) is 6.57 Å². The van der Waals surface area contributed by atoms with Crippen molar-refractivity contribution in [3.8, 4) is 11.1 Å². The molecule has 0 spiro atoms. The first-order chi connectivity index (χ1) is 9.63. The van der Waals surface area contributed by atoms with Gasteiger partial charge in [-0.05, 0) is 29.2 Å². The molecule has 3 heteroatoms. The van der Waals surface area contributed by atoms with Crippen molar-refractivity contribution in [2.24, 2.45) is 0 Å². The average molecular weight is 261 g/mol. The Labute approximate surface area is 116 Å². The van der Waals surface area contributed by atoms with Crippen LogP contribution in [0.25, 0.3) is 21.5 Å². The summed E-state index contributed by atoms with van der Waals surface area (Å²) in [5.41, 5.74) is 5.05. The van der Waals surface area contributed by atoms with Crippen LogP contribution in [-0.4, -0.2) is 11.1 Å². The summed E-state index contributed by atoms with van der Waals surface area (Å²) in [6.45, 7) is 9.16. The van der Waals surface area contributed by atoms with E-state index in [0.29, 0.717) is 5.57 Å². The number of benzene rings is 2. The summed E-state index contributed by atoms with van der Waals surface area (Å²) in [6, 6.07) is 13.5. The third kappa shape index (κ3) is 1.63. The molecule has 0 unspecified atom stereocenters. The normalized spacial score (nSPS) is 14.2. The highest BCUT2D eigenvalue weighted by Gasteiger charge is 2.28. The largest absolute Gasteiger partial charge is 0.486 e. The molecule has 0 aliphatic heterocycles. The van der Waals surface area contributed by atoms with Crippen molar-refractivity contribution >= 4 is 11.5 Å². The third-order valence-electron chi connectivity index (χ3n) is 3.48. The van der Waals surface area contributed by atoms with Crippen LogP contribution in [-0.2, 0) is 4.79 Å². The summed E-state index contributed by atoms with van der Waals surface area (Å²) in [5, 5.41) is 9.27. The maximum absolute atomic E-state index is 11.3. The van der Waals surface area contributed by atoms with Gasteiger partial charge in [-0.25, -0.2) is 4.85 Å². The molecule has 0 bridgehead atoms. The van der Waals surface area contributed by atoms with Gasteiger partial charge in [0, 0.05) is 5.57 Å². The van der Waals surface area contributed by atoms with Crippen LogP contribution in [0.4, 0.5) is 0 Å². The number of aliphatic carboxylic acids is 1. The van der Waals surface area contributed by atoms with Gasteiger partial charge < -0.3 is 5.11 Å². The molecule has 1 aliphatic carbocycles. The Morgan fingerprint density at radius 2 is 1.70 bits per heavy atom. The second kappa shape index (κ2) is 4.36. The Kier molecular flexibility index (Phi) is 2.66. The van der Waals surface area contributed by atoms with Gasteiger partial charge >= 0.3 is 5.97 Å². The highest BCUT2D eigenvalue weighted by molar-refractivity contribution is 6.10. The minimum atomic E-state index is -1.18. The summed E-state index contributed by atoms with van der Waals surface area (Å²) in [6.07, 6.45) is 0. The minimum Gasteiger partial charge on any atom is -0.486 e. The van der Waals surface area contributed by atoms with Crippen molar-refractivity contribution in [3.05, 3.63) is 76.3 Å². The molecule has 1 N–H and O–H groups in total. The molecule has 0 radical (unpaired) electrons. The number of carbonyl (C=O) groups is 1. The Balaban J connectivity index is 2.45. The number of aryl methyl sites for hydroxylation is 1. The fraction of sp³-hybridized carbons (Fsp3) is 0.0588. The summed E-state index contributed by atoms with van der Waals surface area (Å²) >= 11 is 0. The zero-order chi connectivity index (χ0) is 14.3. The Morgan fingerprint density at radius 3 is 2.35 bits per heavy atom. The van der Waals surface area contributed by atoms with Gasteiger partial charge in [0.1, 0.15) is 0 Å². The lowest BCUT2D eigenvalue weighted by molar-refractivity contribution is -0.132. The van der Waals surface area contributed by atoms with Crippen molar-refractivity contribution in [2.45, 2.75) is 6.92 Å². The molecular formula is C17H11NO2. The van der Waals surface area contributed by atoms with Crippen molar-refractivity contribution < 1.29 is 9.90 Å². The number of hydrogen-bond acceptors (Lipinski definition) is 1. The topological polar surface area (TPSA) is 41.7 Å². The van der Waals surface area contributed by atoms with Crippen LogP contribution in [0.3, 0.4) is 0 Å². The van der Waals surface area contributed by atoms with Crippen molar-refractivity contribution in [1.82, 2.24) is 0 Å². The van der Waals surface area contributed by atoms with Gasteiger partial charge in [-0.1, -0.05) is 48.0 Å². The van der Waals surface area contributed by atoms with E-state index >= 15 is 0 Å². The lowest BCUT2D eigenvalue weighted by Gasteiger charge is -2.04. The Bertz CT molecular complexity index is 810. The molecule has 3 nitrogen and oxygen atoms in total. The third-order valence-corrected chi connectivity index (χ3v) is 3.48. The van der Waals surface area contributed by atoms with E-state index in [9.17, 15) is 9.90 Å². The fourth-order valence-electron chi connectivity index (χ4n) is 2.65. The number of carboxylic acids is 1. The average Bonchev–Trinajstić information content (AvgIpc) is 2.74. The zero-order valence-electron chi connectivity index (χ0n) is 10.8. The van der Waals surface area contributed by atoms with Crippen LogP contribution in [0.1, 0.15) is 16.7 Å². The number of nitrogens with zero attached hydrogens (tertiary/aromatic N) is 1. The number of fused-ring (bicyclic) bond motifs is 3. The molecule has 0 amide bonds. The van der Waals surface area contributed by atoms with Crippen molar-refractivity contribution in [2.75, 3.05) is 0 Å². The quantitative estimate of drug-likeness (QED) is 0.535. The van der Waals surface area contributed by atoms with Gasteiger partial charge in [0.2, 0.25) is 0 Å². The van der Waals surface area contributed by atoms with Crippen LogP contribution in [0, 0.1) is 13.5 Å². The van der Waals surface area contributed by atoms with Crippen LogP contribution in [0.2, 0.25) is 0 Å². The van der Waals surface area contributed by atoms with E-state index in [1.165, 1.54) is 0 Å². The lowest BCUT2D eigenvalue weighted by Crippen LogP contribution is -2.00. The summed E-state index contributed by atoms with van der Waals surface area (Å²) < 4.78 is 0. The van der Waals surface area contributed by atoms with Crippen molar-refractivity contribution in [1.29, 1.82) is 0 Å². The molecule has 0 saturated carbocycles. The van der Waals surface area contributed by atoms with Crippen molar-refractivity contribution in [3.63, 3.8) is 0 Å². The fourth-order valence-corrected chi connectivity index (χ4v) is 2.65. The molecular weight excluding hydrogens is 250 g/mol. The highest BCUT2D eigenvalue weighted by Crippen LogP contribution is 2.46. The molecule has 3 rings (SSSR count). The standard InChI is InChI=1S/C17H11NO2/c1-10-7-8-13-14(9-10)11-5-3-4-6-12(11)15(13)16(18-2)17(19)20/h3-9H,1H3,(H,19,20)/b16-15-. The van der Waals surface area contributed by atoms with E-state index in [2.05, 4.69) is 4.85 Å². The van der Waals surface area contributed by atoms with Gasteiger partial charge in [-0.15, -0.1) is 0 Å². The van der Waals surface area contributed by atoms with Gasteiger partial charge in [0.25, 0.3) is 5.70 Å². The predicted molar refractivity (Wildman–Crippen MR) is 76.9 cm³/mol. The first-order valence-corrected chi connectivity index (χ1v) is 6.19. The first-order valence-electron chi connectivity index (χ1n) is 6.19. The molecule has 0 aromatic heterocycles. The number of rotatable bonds is 1. The minimum absolute atomic E-state index is 0.222. The van der Waals surface area contributed by atoms with Gasteiger partial charge in [0.15, 0.2) is 0 Å². The second-order valence-electron chi connectivity index (χ2n) is 4.74. The van der Waals surface area contributed by atoms with E-state index in [4.69, 9.17) is 6.57 Å². The monoisotopic (exact) mass is 261 g/mol. The van der Waals surface area contributed by atoms with Crippen LogP contribution in [0.15, 0.2) is 48.2 Å². The molecule has 1 aliphatic rings. The zero-order valence-corrected chi connectivity index (χ0v) is 10.8. The maximum atomic E-state index is 11.3. The molecule has 0 heterocycles. The van der Waals surface area contributed by atoms with Crippen LogP contribution >= 0.6 is 0 Å². The van der Waals surface area contributed by atoms with E-state index in [1.807, 2.05) is 49.4 Å². The van der Waals surface area contributed by atoms with E-state index in [-0.39, 0.29) is 5.70 Å². The molecule has 0 saturated heterocycles. The molecule has 2 aromatic carbocycles. The Morgan fingerprint density at radius 1 is 1.05 bits per heavy atom. The van der Waals surface area contributed by atoms with E-state index < -0.39 is 5.97 Å². The number of carboxylic acid groups (broad SMARTS) is 1. The summed E-state index contributed by atoms with van der Waals surface area (Å²) in [4.78, 5) is 14.6.